The molecule has 1 aromatic rings. The summed E-state index contributed by atoms with van der Waals surface area (Å²) in [6.07, 6.45) is 4.37. The second-order valence-corrected chi connectivity index (χ2v) is 7.37. The topological polar surface area (TPSA) is 87.7 Å². The van der Waals surface area contributed by atoms with Crippen LogP contribution in [-0.4, -0.2) is 61.9 Å². The number of amides is 2. The Morgan fingerprint density at radius 3 is 2.92 bits per heavy atom. The summed E-state index contributed by atoms with van der Waals surface area (Å²) in [5.74, 6) is 0.148. The van der Waals surface area contributed by atoms with Gasteiger partial charge in [-0.2, -0.15) is 0 Å². The fourth-order valence-corrected chi connectivity index (χ4v) is 4.16. The lowest BCUT2D eigenvalue weighted by atomic mass is 9.97. The van der Waals surface area contributed by atoms with Gasteiger partial charge in [-0.1, -0.05) is 11.3 Å². The minimum atomic E-state index is -0.0467. The molecule has 0 aromatic carbocycles. The molecule has 2 aliphatic heterocycles. The standard InChI is InChI=1S/C16H25N5O3S/c1-24-10-7-17-14(23)12-5-4-8-20(11-12)15-18-19-16(25-15)21-9-3-2-6-13(21)22/h12H,2-11H2,1H3,(H,17,23)/t12-/m1/s1. The van der Waals surface area contributed by atoms with Crippen LogP contribution in [0.1, 0.15) is 32.1 Å². The van der Waals surface area contributed by atoms with E-state index in [1.165, 1.54) is 11.3 Å². The van der Waals surface area contributed by atoms with Gasteiger partial charge in [0.25, 0.3) is 0 Å². The van der Waals surface area contributed by atoms with Crippen molar-refractivity contribution < 1.29 is 14.3 Å². The summed E-state index contributed by atoms with van der Waals surface area (Å²) in [7, 11) is 1.62. The van der Waals surface area contributed by atoms with Crippen LogP contribution in [0, 0.1) is 5.92 Å². The smallest absolute Gasteiger partial charge is 0.228 e. The lowest BCUT2D eigenvalue weighted by molar-refractivity contribution is -0.125. The van der Waals surface area contributed by atoms with Gasteiger partial charge in [0, 0.05) is 39.7 Å². The van der Waals surface area contributed by atoms with Crippen LogP contribution in [0.4, 0.5) is 10.3 Å². The van der Waals surface area contributed by atoms with Gasteiger partial charge in [-0.3, -0.25) is 14.5 Å². The van der Waals surface area contributed by atoms with Gasteiger partial charge in [0.15, 0.2) is 0 Å². The van der Waals surface area contributed by atoms with Gasteiger partial charge in [0.2, 0.25) is 22.1 Å². The first-order valence-electron chi connectivity index (χ1n) is 8.84. The van der Waals surface area contributed by atoms with Gasteiger partial charge in [0.1, 0.15) is 0 Å². The zero-order valence-electron chi connectivity index (χ0n) is 14.6. The Kier molecular flexibility index (Phi) is 6.19. The van der Waals surface area contributed by atoms with E-state index < -0.39 is 0 Å². The summed E-state index contributed by atoms with van der Waals surface area (Å²) in [4.78, 5) is 28.2. The van der Waals surface area contributed by atoms with Crippen LogP contribution in [0.2, 0.25) is 0 Å². The maximum absolute atomic E-state index is 12.3. The molecule has 138 valence electrons. The Morgan fingerprint density at radius 2 is 2.12 bits per heavy atom. The number of ether oxygens (including phenoxy) is 1. The van der Waals surface area contributed by atoms with Crippen molar-refractivity contribution in [2.24, 2.45) is 5.92 Å². The van der Waals surface area contributed by atoms with Crippen LogP contribution in [0.3, 0.4) is 0 Å². The van der Waals surface area contributed by atoms with E-state index >= 15 is 0 Å². The molecule has 1 atom stereocenters. The number of anilines is 2. The SMILES string of the molecule is COCCNC(=O)[C@@H]1CCCN(c2nnc(N3CCCCC3=O)s2)C1. The number of nitrogens with one attached hydrogen (secondary N) is 1. The molecule has 1 aromatic heterocycles. The number of carbonyl (C=O) groups is 2. The van der Waals surface area contributed by atoms with Crippen LogP contribution in [0.25, 0.3) is 0 Å². The van der Waals surface area contributed by atoms with E-state index in [1.807, 2.05) is 0 Å². The molecular formula is C16H25N5O3S. The molecule has 2 saturated heterocycles. The summed E-state index contributed by atoms with van der Waals surface area (Å²) in [5, 5.41) is 12.9. The van der Waals surface area contributed by atoms with Gasteiger partial charge < -0.3 is 15.0 Å². The van der Waals surface area contributed by atoms with Crippen molar-refractivity contribution in [3.05, 3.63) is 0 Å². The lowest BCUT2D eigenvalue weighted by Gasteiger charge is -2.31. The molecule has 0 bridgehead atoms. The molecule has 0 spiro atoms. The third kappa shape index (κ3) is 4.46. The van der Waals surface area contributed by atoms with Gasteiger partial charge in [-0.15, -0.1) is 10.2 Å². The van der Waals surface area contributed by atoms with E-state index in [-0.39, 0.29) is 17.7 Å². The normalized spacial score (nSPS) is 21.5. The van der Waals surface area contributed by atoms with Crippen molar-refractivity contribution in [2.75, 3.05) is 49.7 Å². The molecule has 2 amide bonds. The van der Waals surface area contributed by atoms with Crippen LogP contribution in [0.5, 0.6) is 0 Å². The Bertz CT molecular complexity index is 608. The summed E-state index contributed by atoms with van der Waals surface area (Å²) < 4.78 is 4.97. The molecule has 0 unspecified atom stereocenters. The van der Waals surface area contributed by atoms with Crippen molar-refractivity contribution in [3.63, 3.8) is 0 Å². The van der Waals surface area contributed by atoms with E-state index in [4.69, 9.17) is 4.74 Å². The number of hydrogen-bond donors (Lipinski definition) is 1. The highest BCUT2D eigenvalue weighted by Crippen LogP contribution is 2.31. The first-order valence-corrected chi connectivity index (χ1v) is 9.66. The monoisotopic (exact) mass is 367 g/mol. The predicted molar refractivity (Wildman–Crippen MR) is 95.9 cm³/mol. The molecule has 0 aliphatic carbocycles. The summed E-state index contributed by atoms with van der Waals surface area (Å²) in [5.41, 5.74) is 0. The van der Waals surface area contributed by atoms with E-state index in [0.717, 1.165) is 43.9 Å². The fraction of sp³-hybridized carbons (Fsp3) is 0.750. The quantitative estimate of drug-likeness (QED) is 0.756. The predicted octanol–water partition coefficient (Wildman–Crippen LogP) is 1.03. The van der Waals surface area contributed by atoms with Crippen molar-refractivity contribution in [2.45, 2.75) is 32.1 Å². The zero-order valence-corrected chi connectivity index (χ0v) is 15.4. The summed E-state index contributed by atoms with van der Waals surface area (Å²) in [6, 6.07) is 0. The Hall–Kier alpha value is -1.74. The second kappa shape index (κ2) is 8.57. The van der Waals surface area contributed by atoms with Gasteiger partial charge in [-0.25, -0.2) is 0 Å². The van der Waals surface area contributed by atoms with Crippen LogP contribution in [0.15, 0.2) is 0 Å². The third-order valence-corrected chi connectivity index (χ3v) is 5.63. The molecule has 2 fully saturated rings. The first-order chi connectivity index (χ1) is 12.2. The van der Waals surface area contributed by atoms with Gasteiger partial charge in [0.05, 0.1) is 12.5 Å². The van der Waals surface area contributed by atoms with Crippen molar-refractivity contribution in [1.82, 2.24) is 15.5 Å². The Labute approximate surface area is 151 Å². The maximum atomic E-state index is 12.3. The molecule has 3 heterocycles. The third-order valence-electron chi connectivity index (χ3n) is 4.63. The van der Waals surface area contributed by atoms with Crippen molar-refractivity contribution >= 4 is 33.4 Å². The lowest BCUT2D eigenvalue weighted by Crippen LogP contribution is -2.43. The molecule has 1 N–H and O–H groups in total. The average molecular weight is 367 g/mol. The minimum absolute atomic E-state index is 0.0467. The van der Waals surface area contributed by atoms with Crippen LogP contribution >= 0.6 is 11.3 Å². The Balaban J connectivity index is 1.60. The summed E-state index contributed by atoms with van der Waals surface area (Å²) >= 11 is 1.44. The number of hydrogen-bond acceptors (Lipinski definition) is 7. The maximum Gasteiger partial charge on any atom is 0.228 e. The van der Waals surface area contributed by atoms with E-state index in [2.05, 4.69) is 20.4 Å². The largest absolute Gasteiger partial charge is 0.383 e. The molecule has 25 heavy (non-hydrogen) atoms. The van der Waals surface area contributed by atoms with E-state index in [1.54, 1.807) is 12.0 Å². The van der Waals surface area contributed by atoms with Crippen LogP contribution < -0.4 is 15.1 Å². The van der Waals surface area contributed by atoms with E-state index in [9.17, 15) is 9.59 Å². The summed E-state index contributed by atoms with van der Waals surface area (Å²) in [6.45, 7) is 3.28. The first kappa shape index (κ1) is 18.1. The highest BCUT2D eigenvalue weighted by molar-refractivity contribution is 7.19. The molecule has 8 nitrogen and oxygen atoms in total. The number of piperidine rings is 2. The fourth-order valence-electron chi connectivity index (χ4n) is 3.24. The molecule has 3 rings (SSSR count). The highest BCUT2D eigenvalue weighted by atomic mass is 32.1. The van der Waals surface area contributed by atoms with Crippen molar-refractivity contribution in [3.8, 4) is 0 Å². The average Bonchev–Trinajstić information content (AvgIpc) is 3.12. The molecule has 9 heteroatoms. The molecule has 0 saturated carbocycles. The second-order valence-electron chi connectivity index (χ2n) is 6.44. The van der Waals surface area contributed by atoms with Gasteiger partial charge >= 0.3 is 0 Å². The number of nitrogens with zero attached hydrogens (tertiary/aromatic N) is 4. The molecule has 0 radical (unpaired) electrons. The van der Waals surface area contributed by atoms with Crippen molar-refractivity contribution in [1.29, 1.82) is 0 Å². The number of carbonyl (C=O) groups excluding carboxylic acids is 2. The number of rotatable bonds is 6. The minimum Gasteiger partial charge on any atom is -0.383 e. The number of methoxy groups -OCH3 is 1. The van der Waals surface area contributed by atoms with E-state index in [0.29, 0.717) is 31.2 Å². The highest BCUT2D eigenvalue weighted by Gasteiger charge is 2.29. The number of aromatic nitrogens is 2. The molecule has 2 aliphatic rings. The Morgan fingerprint density at radius 1 is 1.28 bits per heavy atom. The van der Waals surface area contributed by atoms with Crippen LogP contribution in [-0.2, 0) is 14.3 Å². The molecular weight excluding hydrogens is 342 g/mol. The van der Waals surface area contributed by atoms with Gasteiger partial charge in [-0.05, 0) is 25.7 Å². The zero-order chi connectivity index (χ0) is 17.6.